The van der Waals surface area contributed by atoms with E-state index in [4.69, 9.17) is 14.2 Å². The zero-order valence-electron chi connectivity index (χ0n) is 30.3. The molecule has 3 aromatic carbocycles. The highest BCUT2D eigenvalue weighted by molar-refractivity contribution is 5.96. The first-order valence-electron chi connectivity index (χ1n) is 19.1. The van der Waals surface area contributed by atoms with Crippen molar-refractivity contribution in [3.05, 3.63) is 93.0 Å². The lowest BCUT2D eigenvalue weighted by Crippen LogP contribution is -2.32. The molecule has 3 aromatic rings. The van der Waals surface area contributed by atoms with Gasteiger partial charge >= 0.3 is 17.9 Å². The summed E-state index contributed by atoms with van der Waals surface area (Å²) in [6.45, 7) is 12.4. The third kappa shape index (κ3) is 5.31. The number of esters is 3. The van der Waals surface area contributed by atoms with Crippen LogP contribution in [0.4, 0.5) is 0 Å². The summed E-state index contributed by atoms with van der Waals surface area (Å²) in [7, 11) is 0. The van der Waals surface area contributed by atoms with Crippen LogP contribution in [0, 0.1) is 49.4 Å². The maximum absolute atomic E-state index is 13.8. The van der Waals surface area contributed by atoms with Crippen LogP contribution in [0.5, 0.6) is 11.5 Å². The fraction of sp³-hybridized carbons (Fsp3) is 0.523. The summed E-state index contributed by atoms with van der Waals surface area (Å²) in [6.07, 6.45) is 9.24. The summed E-state index contributed by atoms with van der Waals surface area (Å²) in [4.78, 5) is 40.8. The van der Waals surface area contributed by atoms with Gasteiger partial charge in [-0.25, -0.2) is 4.79 Å². The first kappa shape index (κ1) is 33.2. The Labute approximate surface area is 296 Å². The highest BCUT2D eigenvalue weighted by atomic mass is 16.6. The Morgan fingerprint density at radius 3 is 1.50 bits per heavy atom. The summed E-state index contributed by atoms with van der Waals surface area (Å²) >= 11 is 0. The number of cyclic esters (lactones) is 1. The van der Waals surface area contributed by atoms with E-state index < -0.39 is 5.60 Å². The van der Waals surface area contributed by atoms with E-state index in [0.29, 0.717) is 40.7 Å². The summed E-state index contributed by atoms with van der Waals surface area (Å²) in [5.41, 5.74) is 5.27. The maximum atomic E-state index is 13.8. The van der Waals surface area contributed by atoms with Crippen molar-refractivity contribution in [2.45, 2.75) is 110 Å². The van der Waals surface area contributed by atoms with Gasteiger partial charge in [-0.2, -0.15) is 0 Å². The Hall–Kier alpha value is -3.93. The van der Waals surface area contributed by atoms with Crippen molar-refractivity contribution in [1.29, 1.82) is 0 Å². The van der Waals surface area contributed by atoms with Crippen molar-refractivity contribution >= 4 is 17.9 Å². The average Bonchev–Trinajstić information content (AvgIpc) is 3.98. The number of aryl methyl sites for hydroxylation is 2. The van der Waals surface area contributed by atoms with Crippen molar-refractivity contribution in [3.8, 4) is 11.5 Å². The molecule has 0 aromatic heterocycles. The molecule has 4 aliphatic carbocycles. The fourth-order valence-corrected chi connectivity index (χ4v) is 10.0. The molecule has 5 aliphatic rings. The van der Waals surface area contributed by atoms with E-state index in [1.54, 1.807) is 0 Å². The summed E-state index contributed by atoms with van der Waals surface area (Å²) in [5.74, 6) is 2.51. The standard InChI is InChI=1S/C44H50O6/c1-23(2)32-21-35(25(5)19-37(32)48-42(46)39-27-13-7-8-14-28(27)39)44(34-18-12-11-17-31(34)41(45)50-44)36-22-33(24(3)4)38(20-26(36)6)49-43(47)40-29-15-9-10-16-30(29)40/h11-12,17-24,27-30,39-40H,7-10,13-16H2,1-6H3/t27-,28-,29-,30-/m0/s1. The number of benzene rings is 3. The van der Waals surface area contributed by atoms with E-state index in [-0.39, 0.29) is 41.6 Å². The molecule has 1 aliphatic heterocycles. The molecule has 0 bridgehead atoms. The van der Waals surface area contributed by atoms with E-state index in [0.717, 1.165) is 64.6 Å². The zero-order valence-corrected chi connectivity index (χ0v) is 30.3. The van der Waals surface area contributed by atoms with Crippen molar-refractivity contribution in [2.75, 3.05) is 0 Å². The molecule has 1 heterocycles. The summed E-state index contributed by atoms with van der Waals surface area (Å²) in [6, 6.07) is 15.7. The van der Waals surface area contributed by atoms with Crippen LogP contribution in [0.15, 0.2) is 48.5 Å². The van der Waals surface area contributed by atoms with Gasteiger partial charge in [0.05, 0.1) is 17.4 Å². The number of hydrogen-bond acceptors (Lipinski definition) is 6. The molecule has 50 heavy (non-hydrogen) atoms. The molecule has 0 unspecified atom stereocenters. The van der Waals surface area contributed by atoms with Crippen molar-refractivity contribution < 1.29 is 28.6 Å². The van der Waals surface area contributed by atoms with E-state index in [1.807, 2.05) is 50.2 Å². The van der Waals surface area contributed by atoms with E-state index in [9.17, 15) is 14.4 Å². The molecule has 0 amide bonds. The maximum Gasteiger partial charge on any atom is 0.340 e. The average molecular weight is 675 g/mol. The van der Waals surface area contributed by atoms with Crippen molar-refractivity contribution in [2.24, 2.45) is 35.5 Å². The monoisotopic (exact) mass is 674 g/mol. The first-order valence-corrected chi connectivity index (χ1v) is 19.1. The minimum atomic E-state index is -1.25. The molecule has 4 atom stereocenters. The van der Waals surface area contributed by atoms with Crippen LogP contribution in [0.3, 0.4) is 0 Å². The van der Waals surface area contributed by atoms with Crippen molar-refractivity contribution in [1.82, 2.24) is 0 Å². The van der Waals surface area contributed by atoms with Gasteiger partial charge < -0.3 is 14.2 Å². The Kier molecular flexibility index (Phi) is 8.23. The quantitative estimate of drug-likeness (QED) is 0.175. The van der Waals surface area contributed by atoms with Gasteiger partial charge in [-0.05, 0) is 128 Å². The second-order valence-electron chi connectivity index (χ2n) is 16.5. The molecule has 0 spiro atoms. The SMILES string of the molecule is Cc1cc(OC(=O)C2[C@H]3CCCC[C@H]23)c(C(C)C)cc1C1(c2cc(C(C)C)c(OC(=O)C3[C@H]4CCCC[C@H]34)cc2C)OC(=O)c2ccccc21. The van der Waals surface area contributed by atoms with E-state index >= 15 is 0 Å². The molecular weight excluding hydrogens is 624 g/mol. The number of hydrogen-bond donors (Lipinski definition) is 0. The third-order valence-electron chi connectivity index (χ3n) is 12.8. The predicted octanol–water partition coefficient (Wildman–Crippen LogP) is 9.70. The Morgan fingerprint density at radius 2 is 1.08 bits per heavy atom. The van der Waals surface area contributed by atoms with Crippen LogP contribution >= 0.6 is 0 Å². The number of carbonyl (C=O) groups is 3. The lowest BCUT2D eigenvalue weighted by atomic mass is 9.74. The van der Waals surface area contributed by atoms with Gasteiger partial charge in [0, 0.05) is 16.7 Å². The third-order valence-corrected chi connectivity index (χ3v) is 12.8. The molecule has 262 valence electrons. The molecule has 0 saturated heterocycles. The van der Waals surface area contributed by atoms with Crippen LogP contribution in [0.2, 0.25) is 0 Å². The number of fused-ring (bicyclic) bond motifs is 3. The van der Waals surface area contributed by atoms with Gasteiger partial charge in [-0.15, -0.1) is 0 Å². The van der Waals surface area contributed by atoms with Crippen LogP contribution in [-0.4, -0.2) is 17.9 Å². The van der Waals surface area contributed by atoms with Gasteiger partial charge in [0.1, 0.15) is 11.5 Å². The smallest absolute Gasteiger partial charge is 0.340 e. The van der Waals surface area contributed by atoms with Crippen LogP contribution in [-0.2, 0) is 19.9 Å². The molecule has 8 rings (SSSR count). The minimum Gasteiger partial charge on any atom is -0.441 e. The topological polar surface area (TPSA) is 78.9 Å². The highest BCUT2D eigenvalue weighted by Crippen LogP contribution is 2.58. The van der Waals surface area contributed by atoms with E-state index in [2.05, 4.69) is 39.8 Å². The van der Waals surface area contributed by atoms with Crippen LogP contribution in [0.1, 0.15) is 140 Å². The van der Waals surface area contributed by atoms with Crippen molar-refractivity contribution in [3.63, 3.8) is 0 Å². The van der Waals surface area contributed by atoms with Gasteiger partial charge in [-0.3, -0.25) is 9.59 Å². The van der Waals surface area contributed by atoms with E-state index in [1.165, 1.54) is 25.7 Å². The summed E-state index contributed by atoms with van der Waals surface area (Å²) in [5, 5.41) is 0. The molecule has 4 fully saturated rings. The second-order valence-corrected chi connectivity index (χ2v) is 16.5. The second kappa shape index (κ2) is 12.4. The van der Waals surface area contributed by atoms with Gasteiger partial charge in [0.2, 0.25) is 0 Å². The first-order chi connectivity index (χ1) is 24.0. The fourth-order valence-electron chi connectivity index (χ4n) is 10.0. The largest absolute Gasteiger partial charge is 0.441 e. The number of carbonyl (C=O) groups excluding carboxylic acids is 3. The lowest BCUT2D eigenvalue weighted by molar-refractivity contribution is -0.137. The molecule has 0 radical (unpaired) electrons. The van der Waals surface area contributed by atoms with Gasteiger partial charge in [0.15, 0.2) is 5.60 Å². The predicted molar refractivity (Wildman–Crippen MR) is 191 cm³/mol. The number of rotatable bonds is 8. The Bertz CT molecular complexity index is 1760. The number of ether oxygens (including phenoxy) is 3. The molecule has 0 N–H and O–H groups in total. The summed E-state index contributed by atoms with van der Waals surface area (Å²) < 4.78 is 19.1. The van der Waals surface area contributed by atoms with Crippen LogP contribution in [0.25, 0.3) is 0 Å². The zero-order chi connectivity index (χ0) is 35.1. The van der Waals surface area contributed by atoms with Gasteiger partial charge in [0.25, 0.3) is 0 Å². The molecule has 6 nitrogen and oxygen atoms in total. The highest BCUT2D eigenvalue weighted by Gasteiger charge is 2.57. The van der Waals surface area contributed by atoms with Crippen LogP contribution < -0.4 is 9.47 Å². The minimum absolute atomic E-state index is 0.000171. The van der Waals surface area contributed by atoms with Gasteiger partial charge in [-0.1, -0.05) is 71.6 Å². The normalized spacial score (nSPS) is 29.2. The Balaban J connectivity index is 1.22. The Morgan fingerprint density at radius 1 is 0.660 bits per heavy atom. The molecule has 6 heteroatoms. The molecular formula is C44H50O6. The molecule has 4 saturated carbocycles. The lowest BCUT2D eigenvalue weighted by Gasteiger charge is -2.34.